The van der Waals surface area contributed by atoms with Crippen LogP contribution in [0.4, 0.5) is 8.78 Å². The zero-order valence-electron chi connectivity index (χ0n) is 7.96. The highest BCUT2D eigenvalue weighted by Gasteiger charge is 2.20. The largest absolute Gasteiger partial charge is 0.244 e. The molecule has 0 rings (SSSR count). The molecule has 0 saturated carbocycles. The van der Waals surface area contributed by atoms with Crippen LogP contribution in [0.5, 0.6) is 0 Å². The molecule has 2 nitrogen and oxygen atoms in total. The van der Waals surface area contributed by atoms with Gasteiger partial charge in [-0.05, 0) is 12.8 Å². The van der Waals surface area contributed by atoms with Gasteiger partial charge < -0.3 is 0 Å². The molecule has 5 heteroatoms. The van der Waals surface area contributed by atoms with Crippen molar-refractivity contribution in [1.29, 1.82) is 0 Å². The van der Waals surface area contributed by atoms with E-state index in [4.69, 9.17) is 0 Å². The highest BCUT2D eigenvalue weighted by atomic mass is 32.2. The fourth-order valence-corrected chi connectivity index (χ4v) is 1.75. The van der Waals surface area contributed by atoms with Gasteiger partial charge in [-0.25, -0.2) is 17.2 Å². The Balaban J connectivity index is 3.90. The summed E-state index contributed by atoms with van der Waals surface area (Å²) in [6.45, 7) is 3.03. The van der Waals surface area contributed by atoms with Gasteiger partial charge in [0.2, 0.25) is 0 Å². The van der Waals surface area contributed by atoms with Crippen LogP contribution in [-0.2, 0) is 9.84 Å². The average Bonchev–Trinajstić information content (AvgIpc) is 2.13. The third-order valence-electron chi connectivity index (χ3n) is 1.93. The Kier molecular flexibility index (Phi) is 5.44. The summed E-state index contributed by atoms with van der Waals surface area (Å²) in [5, 5.41) is 0. The first-order valence-electron chi connectivity index (χ1n) is 4.41. The van der Waals surface area contributed by atoms with Gasteiger partial charge in [-0.1, -0.05) is 13.8 Å². The molecule has 0 spiro atoms. The van der Waals surface area contributed by atoms with Crippen molar-refractivity contribution < 1.29 is 17.2 Å². The van der Waals surface area contributed by atoms with Gasteiger partial charge in [0, 0.05) is 5.75 Å². The molecule has 0 saturated heterocycles. The van der Waals surface area contributed by atoms with E-state index in [2.05, 4.69) is 0 Å². The molecular weight excluding hydrogens is 198 g/mol. The summed E-state index contributed by atoms with van der Waals surface area (Å²) in [6, 6.07) is 0. The lowest BCUT2D eigenvalue weighted by atomic mass is 10.1. The van der Waals surface area contributed by atoms with E-state index in [1.807, 2.05) is 0 Å². The highest BCUT2D eigenvalue weighted by Crippen LogP contribution is 2.12. The lowest BCUT2D eigenvalue weighted by Crippen LogP contribution is -2.21. The first kappa shape index (κ1) is 12.8. The summed E-state index contributed by atoms with van der Waals surface area (Å²) in [7, 11) is -3.16. The molecule has 0 N–H and O–H groups in total. The predicted octanol–water partition coefficient (Wildman–Crippen LogP) is 1.90. The Morgan fingerprint density at radius 1 is 1.15 bits per heavy atom. The maximum Gasteiger partial charge on any atom is 0.150 e. The monoisotopic (exact) mass is 214 g/mol. The minimum atomic E-state index is -3.16. The molecule has 0 aromatic heterocycles. The SMILES string of the molecule is CC[C@H](F)[C@H](F)CCS(=O)(=O)CC. The van der Waals surface area contributed by atoms with Gasteiger partial charge in [0.05, 0.1) is 5.75 Å². The number of hydrogen-bond acceptors (Lipinski definition) is 2. The third-order valence-corrected chi connectivity index (χ3v) is 3.66. The van der Waals surface area contributed by atoms with Gasteiger partial charge in [0.15, 0.2) is 0 Å². The fraction of sp³-hybridized carbons (Fsp3) is 1.00. The van der Waals surface area contributed by atoms with Gasteiger partial charge in [-0.2, -0.15) is 0 Å². The number of hydrogen-bond donors (Lipinski definition) is 0. The molecule has 80 valence electrons. The van der Waals surface area contributed by atoms with E-state index in [9.17, 15) is 17.2 Å². The van der Waals surface area contributed by atoms with Crippen molar-refractivity contribution >= 4 is 9.84 Å². The fourth-order valence-electron chi connectivity index (χ4n) is 0.873. The standard InChI is InChI=1S/C8H16F2O2S/c1-3-7(9)8(10)5-6-13(11,12)4-2/h7-8H,3-6H2,1-2H3/t7-,8+/m0/s1. The number of halogens is 2. The van der Waals surface area contributed by atoms with E-state index in [-0.39, 0.29) is 24.3 Å². The van der Waals surface area contributed by atoms with Gasteiger partial charge in [0.1, 0.15) is 22.2 Å². The Bertz CT molecular complexity index is 226. The molecule has 0 aliphatic carbocycles. The Morgan fingerprint density at radius 3 is 2.08 bits per heavy atom. The molecular formula is C8H16F2O2S. The van der Waals surface area contributed by atoms with Crippen LogP contribution in [0.2, 0.25) is 0 Å². The summed E-state index contributed by atoms with van der Waals surface area (Å²) in [4.78, 5) is 0. The minimum Gasteiger partial charge on any atom is -0.244 e. The van der Waals surface area contributed by atoms with Crippen molar-refractivity contribution in [2.45, 2.75) is 39.0 Å². The summed E-state index contributed by atoms with van der Waals surface area (Å²) in [5.41, 5.74) is 0. The zero-order chi connectivity index (χ0) is 10.5. The van der Waals surface area contributed by atoms with Crippen LogP contribution in [0.1, 0.15) is 26.7 Å². The van der Waals surface area contributed by atoms with Crippen LogP contribution in [-0.4, -0.2) is 32.3 Å². The van der Waals surface area contributed by atoms with Gasteiger partial charge in [-0.3, -0.25) is 0 Å². The van der Waals surface area contributed by atoms with Crippen molar-refractivity contribution in [2.24, 2.45) is 0 Å². The molecule has 13 heavy (non-hydrogen) atoms. The van der Waals surface area contributed by atoms with Crippen LogP contribution in [0.25, 0.3) is 0 Å². The molecule has 0 amide bonds. The Morgan fingerprint density at radius 2 is 1.69 bits per heavy atom. The molecule has 0 fully saturated rings. The topological polar surface area (TPSA) is 34.1 Å². The van der Waals surface area contributed by atoms with Crippen molar-refractivity contribution in [3.05, 3.63) is 0 Å². The number of alkyl halides is 2. The lowest BCUT2D eigenvalue weighted by molar-refractivity contribution is 0.159. The van der Waals surface area contributed by atoms with E-state index in [1.54, 1.807) is 0 Å². The average molecular weight is 214 g/mol. The predicted molar refractivity (Wildman–Crippen MR) is 49.0 cm³/mol. The second kappa shape index (κ2) is 5.52. The highest BCUT2D eigenvalue weighted by molar-refractivity contribution is 7.91. The van der Waals surface area contributed by atoms with Crippen molar-refractivity contribution in [1.82, 2.24) is 0 Å². The maximum atomic E-state index is 12.8. The van der Waals surface area contributed by atoms with Crippen molar-refractivity contribution in [3.63, 3.8) is 0 Å². The van der Waals surface area contributed by atoms with Crippen LogP contribution < -0.4 is 0 Å². The summed E-state index contributed by atoms with van der Waals surface area (Å²) in [5.74, 6) is -0.270. The van der Waals surface area contributed by atoms with Crippen molar-refractivity contribution in [2.75, 3.05) is 11.5 Å². The van der Waals surface area contributed by atoms with Crippen LogP contribution in [0, 0.1) is 0 Å². The van der Waals surface area contributed by atoms with Gasteiger partial charge >= 0.3 is 0 Å². The van der Waals surface area contributed by atoms with E-state index >= 15 is 0 Å². The normalized spacial score (nSPS) is 16.9. The first-order chi connectivity index (χ1) is 5.93. The van der Waals surface area contributed by atoms with Crippen molar-refractivity contribution in [3.8, 4) is 0 Å². The van der Waals surface area contributed by atoms with Crippen LogP contribution in [0.15, 0.2) is 0 Å². The second-order valence-electron chi connectivity index (χ2n) is 2.97. The molecule has 0 radical (unpaired) electrons. The first-order valence-corrected chi connectivity index (χ1v) is 6.23. The molecule has 0 aromatic carbocycles. The van der Waals surface area contributed by atoms with E-state index < -0.39 is 22.2 Å². The Labute approximate surface area is 78.3 Å². The molecule has 0 aliphatic heterocycles. The van der Waals surface area contributed by atoms with Crippen LogP contribution >= 0.6 is 0 Å². The molecule has 2 atom stereocenters. The smallest absolute Gasteiger partial charge is 0.150 e. The number of sulfone groups is 1. The summed E-state index contributed by atoms with van der Waals surface area (Å²) < 4.78 is 47.3. The molecule has 0 unspecified atom stereocenters. The second-order valence-corrected chi connectivity index (χ2v) is 5.44. The number of rotatable bonds is 6. The van der Waals surface area contributed by atoms with E-state index in [0.29, 0.717) is 0 Å². The Hall–Kier alpha value is -0.190. The van der Waals surface area contributed by atoms with E-state index in [0.717, 1.165) is 0 Å². The third kappa shape index (κ3) is 5.18. The summed E-state index contributed by atoms with van der Waals surface area (Å²) in [6.07, 6.45) is -3.32. The van der Waals surface area contributed by atoms with Gasteiger partial charge in [0.25, 0.3) is 0 Å². The van der Waals surface area contributed by atoms with E-state index in [1.165, 1.54) is 13.8 Å². The van der Waals surface area contributed by atoms with Crippen LogP contribution in [0.3, 0.4) is 0 Å². The quantitative estimate of drug-likeness (QED) is 0.676. The molecule has 0 aromatic rings. The molecule has 0 heterocycles. The molecule has 0 bridgehead atoms. The maximum absolute atomic E-state index is 12.8. The molecule has 0 aliphatic rings. The minimum absolute atomic E-state index is 0.0111. The van der Waals surface area contributed by atoms with Gasteiger partial charge in [-0.15, -0.1) is 0 Å². The summed E-state index contributed by atoms with van der Waals surface area (Å²) >= 11 is 0. The lowest BCUT2D eigenvalue weighted by Gasteiger charge is -2.10. The zero-order valence-corrected chi connectivity index (χ0v) is 8.78.